The Labute approximate surface area is 162 Å². The first-order valence-corrected chi connectivity index (χ1v) is 9.00. The molecule has 0 radical (unpaired) electrons. The molecule has 0 unspecified atom stereocenters. The second kappa shape index (κ2) is 7.56. The maximum absolute atomic E-state index is 12.7. The predicted octanol–water partition coefficient (Wildman–Crippen LogP) is 3.12. The number of amides is 3. The molecule has 2 heterocycles. The van der Waals surface area contributed by atoms with Crippen molar-refractivity contribution >= 4 is 34.2 Å². The first-order valence-electron chi connectivity index (χ1n) is 9.00. The molecule has 142 valence electrons. The Kier molecular flexibility index (Phi) is 4.80. The van der Waals surface area contributed by atoms with Crippen molar-refractivity contribution in [2.24, 2.45) is 0 Å². The lowest BCUT2D eigenvalue weighted by molar-refractivity contribution is -0.116. The lowest BCUT2D eigenvalue weighted by atomic mass is 10.2. The number of carbonyl (C=O) groups excluding carboxylic acids is 2. The molecule has 3 aromatic rings. The van der Waals surface area contributed by atoms with Crippen molar-refractivity contribution in [3.63, 3.8) is 0 Å². The summed E-state index contributed by atoms with van der Waals surface area (Å²) in [6.07, 6.45) is 1.71. The highest BCUT2D eigenvalue weighted by molar-refractivity contribution is 6.03. The lowest BCUT2D eigenvalue weighted by Gasteiger charge is -2.19. The summed E-state index contributed by atoms with van der Waals surface area (Å²) < 4.78 is 5.15. The third kappa shape index (κ3) is 3.46. The number of anilines is 2. The van der Waals surface area contributed by atoms with Crippen molar-refractivity contribution in [2.45, 2.75) is 0 Å². The first-order chi connectivity index (χ1) is 13.7. The van der Waals surface area contributed by atoms with Crippen molar-refractivity contribution in [1.29, 1.82) is 0 Å². The average molecular weight is 376 g/mol. The Morgan fingerprint density at radius 1 is 1.11 bits per heavy atom. The quantitative estimate of drug-likeness (QED) is 0.742. The number of hydrogen-bond acceptors (Lipinski definition) is 4. The number of hydrogen-bond donors (Lipinski definition) is 1. The number of pyridine rings is 1. The van der Waals surface area contributed by atoms with Crippen molar-refractivity contribution in [1.82, 2.24) is 9.88 Å². The van der Waals surface area contributed by atoms with Crippen LogP contribution in [0.3, 0.4) is 0 Å². The van der Waals surface area contributed by atoms with E-state index in [1.165, 1.54) is 0 Å². The first kappa shape index (κ1) is 17.8. The number of ether oxygens (including phenoxy) is 1. The van der Waals surface area contributed by atoms with Crippen LogP contribution in [0.4, 0.5) is 16.2 Å². The van der Waals surface area contributed by atoms with Crippen molar-refractivity contribution in [3.8, 4) is 5.75 Å². The molecule has 0 bridgehead atoms. The zero-order valence-corrected chi connectivity index (χ0v) is 15.5. The van der Waals surface area contributed by atoms with E-state index in [0.29, 0.717) is 18.8 Å². The third-order valence-electron chi connectivity index (χ3n) is 4.73. The van der Waals surface area contributed by atoms with Gasteiger partial charge in [0.2, 0.25) is 5.91 Å². The third-order valence-corrected chi connectivity index (χ3v) is 4.73. The predicted molar refractivity (Wildman–Crippen MR) is 108 cm³/mol. The highest BCUT2D eigenvalue weighted by atomic mass is 16.5. The van der Waals surface area contributed by atoms with Gasteiger partial charge in [-0.3, -0.25) is 14.7 Å². The van der Waals surface area contributed by atoms with Crippen LogP contribution in [0.15, 0.2) is 60.8 Å². The molecule has 0 aliphatic carbocycles. The summed E-state index contributed by atoms with van der Waals surface area (Å²) in [5.74, 6) is 0.498. The zero-order chi connectivity index (χ0) is 19.5. The number of nitrogens with zero attached hydrogens (tertiary/aromatic N) is 3. The lowest BCUT2D eigenvalue weighted by Crippen LogP contribution is -2.37. The fraction of sp³-hybridized carbons (Fsp3) is 0.190. The van der Waals surface area contributed by atoms with Crippen LogP contribution in [0.5, 0.6) is 5.75 Å². The summed E-state index contributed by atoms with van der Waals surface area (Å²) in [5, 5.41) is 3.76. The van der Waals surface area contributed by atoms with Gasteiger partial charge in [0.15, 0.2) is 0 Å². The molecule has 4 rings (SSSR count). The van der Waals surface area contributed by atoms with Gasteiger partial charge in [0.25, 0.3) is 0 Å². The molecular formula is C21H20N4O3. The van der Waals surface area contributed by atoms with Gasteiger partial charge in [0.05, 0.1) is 18.3 Å². The Bertz CT molecular complexity index is 1010. The summed E-state index contributed by atoms with van der Waals surface area (Å²) >= 11 is 0. The fourth-order valence-corrected chi connectivity index (χ4v) is 3.31. The second-order valence-electron chi connectivity index (χ2n) is 6.48. The molecule has 1 aliphatic rings. The summed E-state index contributed by atoms with van der Waals surface area (Å²) in [6.45, 7) is 1.04. The van der Waals surface area contributed by atoms with Gasteiger partial charge in [-0.15, -0.1) is 0 Å². The Balaban J connectivity index is 1.42. The molecule has 7 heteroatoms. The van der Waals surface area contributed by atoms with Crippen LogP contribution in [-0.4, -0.2) is 48.6 Å². The summed E-state index contributed by atoms with van der Waals surface area (Å²) in [4.78, 5) is 32.7. The zero-order valence-electron chi connectivity index (χ0n) is 15.5. The largest absolute Gasteiger partial charge is 0.497 e. The topological polar surface area (TPSA) is 74.8 Å². The van der Waals surface area contributed by atoms with E-state index < -0.39 is 0 Å². The number of aromatic nitrogens is 1. The van der Waals surface area contributed by atoms with Gasteiger partial charge >= 0.3 is 6.03 Å². The van der Waals surface area contributed by atoms with Gasteiger partial charge in [-0.2, -0.15) is 0 Å². The molecule has 1 N–H and O–H groups in total. The number of carbonyl (C=O) groups is 2. The summed E-state index contributed by atoms with van der Waals surface area (Å²) in [5.41, 5.74) is 2.28. The highest BCUT2D eigenvalue weighted by Gasteiger charge is 2.30. The van der Waals surface area contributed by atoms with Crippen molar-refractivity contribution in [3.05, 3.63) is 60.8 Å². The highest BCUT2D eigenvalue weighted by Crippen LogP contribution is 2.24. The minimum absolute atomic E-state index is 0.00212. The minimum Gasteiger partial charge on any atom is -0.497 e. The van der Waals surface area contributed by atoms with Gasteiger partial charge in [0, 0.05) is 30.4 Å². The summed E-state index contributed by atoms with van der Waals surface area (Å²) in [7, 11) is 1.60. The normalized spacial score (nSPS) is 13.8. The van der Waals surface area contributed by atoms with E-state index in [2.05, 4.69) is 10.3 Å². The van der Waals surface area contributed by atoms with Gasteiger partial charge in [-0.25, -0.2) is 4.79 Å². The van der Waals surface area contributed by atoms with Crippen LogP contribution in [0.1, 0.15) is 0 Å². The van der Waals surface area contributed by atoms with Crippen LogP contribution in [0.2, 0.25) is 0 Å². The van der Waals surface area contributed by atoms with Crippen molar-refractivity contribution in [2.75, 3.05) is 37.0 Å². The molecule has 1 aliphatic heterocycles. The van der Waals surface area contributed by atoms with Crippen molar-refractivity contribution < 1.29 is 14.3 Å². The molecule has 2 aromatic carbocycles. The fourth-order valence-electron chi connectivity index (χ4n) is 3.31. The van der Waals surface area contributed by atoms with Gasteiger partial charge < -0.3 is 15.0 Å². The number of urea groups is 1. The number of nitrogens with one attached hydrogen (secondary N) is 1. The van der Waals surface area contributed by atoms with E-state index in [9.17, 15) is 9.59 Å². The van der Waals surface area contributed by atoms with Crippen LogP contribution in [0.25, 0.3) is 10.9 Å². The van der Waals surface area contributed by atoms with E-state index in [4.69, 9.17) is 4.74 Å². The average Bonchev–Trinajstić information content (AvgIpc) is 3.08. The monoisotopic (exact) mass is 376 g/mol. The van der Waals surface area contributed by atoms with Gasteiger partial charge in [0.1, 0.15) is 12.3 Å². The van der Waals surface area contributed by atoms with Crippen LogP contribution >= 0.6 is 0 Å². The minimum atomic E-state index is -0.235. The molecule has 0 saturated carbocycles. The maximum atomic E-state index is 12.7. The molecule has 28 heavy (non-hydrogen) atoms. The van der Waals surface area contributed by atoms with E-state index in [-0.39, 0.29) is 18.5 Å². The molecule has 1 saturated heterocycles. The molecule has 1 aromatic heterocycles. The number of fused-ring (bicyclic) bond motifs is 1. The van der Waals surface area contributed by atoms with E-state index in [1.807, 2.05) is 54.6 Å². The van der Waals surface area contributed by atoms with Crippen LogP contribution in [-0.2, 0) is 4.79 Å². The SMILES string of the molecule is COc1ccc(N2CCN(CC(=O)Nc3cccc4ncccc34)C2=O)cc1. The maximum Gasteiger partial charge on any atom is 0.325 e. The van der Waals surface area contributed by atoms with Crippen LogP contribution in [0, 0.1) is 0 Å². The number of methoxy groups -OCH3 is 1. The Hall–Kier alpha value is -3.61. The molecule has 0 spiro atoms. The molecule has 7 nitrogen and oxygen atoms in total. The Morgan fingerprint density at radius 3 is 2.71 bits per heavy atom. The molecule has 1 fully saturated rings. The second-order valence-corrected chi connectivity index (χ2v) is 6.48. The van der Waals surface area contributed by atoms with Gasteiger partial charge in [-0.05, 0) is 48.5 Å². The number of rotatable bonds is 5. The Morgan fingerprint density at radius 2 is 1.93 bits per heavy atom. The molecular weight excluding hydrogens is 356 g/mol. The van der Waals surface area contributed by atoms with E-state index in [0.717, 1.165) is 22.3 Å². The standard InChI is InChI=1S/C21H20N4O3/c1-28-16-9-7-15(8-10-16)25-13-12-24(21(25)27)14-20(26)23-19-6-2-5-18-17(19)4-3-11-22-18/h2-11H,12-14H2,1H3,(H,23,26). The number of benzene rings is 2. The molecule has 3 amide bonds. The summed E-state index contributed by atoms with van der Waals surface area (Å²) in [6, 6.07) is 16.4. The van der Waals surface area contributed by atoms with E-state index in [1.54, 1.807) is 23.1 Å². The van der Waals surface area contributed by atoms with E-state index >= 15 is 0 Å². The van der Waals surface area contributed by atoms with Crippen LogP contribution < -0.4 is 15.0 Å². The molecule has 0 atom stereocenters. The van der Waals surface area contributed by atoms with Gasteiger partial charge in [-0.1, -0.05) is 6.07 Å². The smallest absolute Gasteiger partial charge is 0.325 e.